The van der Waals surface area contributed by atoms with Gasteiger partial charge in [-0.15, -0.1) is 0 Å². The SMILES string of the molecule is Cc1nc2cc(-c3ccccc3)nn2c(Cl)c1C(C)(OC(C)(C)C)C(=O)O. The molecular weight excluding hydrogens is 366 g/mol. The zero-order valence-corrected chi connectivity index (χ0v) is 16.7. The lowest BCUT2D eigenvalue weighted by molar-refractivity contribution is -0.183. The van der Waals surface area contributed by atoms with Crippen molar-refractivity contribution in [2.75, 3.05) is 0 Å². The summed E-state index contributed by atoms with van der Waals surface area (Å²) in [6.45, 7) is 8.61. The van der Waals surface area contributed by atoms with Gasteiger partial charge in [0.25, 0.3) is 0 Å². The lowest BCUT2D eigenvalue weighted by Gasteiger charge is -2.34. The highest BCUT2D eigenvalue weighted by molar-refractivity contribution is 6.31. The van der Waals surface area contributed by atoms with E-state index in [9.17, 15) is 9.90 Å². The number of ether oxygens (including phenoxy) is 1. The second-order valence-electron chi connectivity index (χ2n) is 7.58. The van der Waals surface area contributed by atoms with Crippen LogP contribution in [0.5, 0.6) is 0 Å². The maximum atomic E-state index is 12.1. The van der Waals surface area contributed by atoms with Gasteiger partial charge in [-0.1, -0.05) is 41.9 Å². The minimum atomic E-state index is -1.67. The number of hydrogen-bond acceptors (Lipinski definition) is 4. The van der Waals surface area contributed by atoms with Crippen molar-refractivity contribution in [2.45, 2.75) is 45.8 Å². The second kappa shape index (κ2) is 6.62. The lowest BCUT2D eigenvalue weighted by Crippen LogP contribution is -2.43. The zero-order chi connectivity index (χ0) is 20.0. The highest BCUT2D eigenvalue weighted by atomic mass is 35.5. The average molecular weight is 388 g/mol. The third-order valence-corrected chi connectivity index (χ3v) is 4.54. The summed E-state index contributed by atoms with van der Waals surface area (Å²) in [7, 11) is 0. The van der Waals surface area contributed by atoms with Crippen LogP contribution in [0.15, 0.2) is 36.4 Å². The molecule has 0 bridgehead atoms. The van der Waals surface area contributed by atoms with E-state index in [1.54, 1.807) is 27.7 Å². The van der Waals surface area contributed by atoms with Crippen molar-refractivity contribution in [2.24, 2.45) is 0 Å². The standard InChI is InChI=1S/C20H22ClN3O3/c1-12-16(20(5,18(25)26)27-19(2,3)4)17(21)24-15(22-12)11-14(23-24)13-9-7-6-8-10-13/h6-11H,1-5H3,(H,25,26). The lowest BCUT2D eigenvalue weighted by atomic mass is 9.94. The molecule has 1 atom stereocenters. The number of nitrogens with zero attached hydrogens (tertiary/aromatic N) is 3. The van der Waals surface area contributed by atoms with E-state index in [0.717, 1.165) is 5.56 Å². The molecule has 3 aromatic rings. The molecule has 0 fully saturated rings. The molecule has 0 aliphatic heterocycles. The summed E-state index contributed by atoms with van der Waals surface area (Å²) in [4.78, 5) is 16.7. The number of halogens is 1. The highest BCUT2D eigenvalue weighted by Crippen LogP contribution is 2.37. The molecule has 0 saturated heterocycles. The van der Waals surface area contributed by atoms with Gasteiger partial charge in [-0.05, 0) is 34.6 Å². The van der Waals surface area contributed by atoms with Gasteiger partial charge in [-0.2, -0.15) is 5.10 Å². The van der Waals surface area contributed by atoms with Crippen LogP contribution in [0.3, 0.4) is 0 Å². The molecule has 0 spiro atoms. The molecule has 0 aliphatic carbocycles. The van der Waals surface area contributed by atoms with Gasteiger partial charge in [0.15, 0.2) is 11.2 Å². The molecule has 0 amide bonds. The molecule has 7 heteroatoms. The first kappa shape index (κ1) is 19.3. The van der Waals surface area contributed by atoms with Crippen molar-refractivity contribution >= 4 is 23.2 Å². The van der Waals surface area contributed by atoms with Crippen LogP contribution in [0, 0.1) is 6.92 Å². The van der Waals surface area contributed by atoms with Gasteiger partial charge < -0.3 is 9.84 Å². The molecular formula is C20H22ClN3O3. The Bertz CT molecular complexity index is 1010. The molecule has 6 nitrogen and oxygen atoms in total. The van der Waals surface area contributed by atoms with Crippen LogP contribution >= 0.6 is 11.6 Å². The first-order valence-corrected chi connectivity index (χ1v) is 8.96. The Kier molecular flexibility index (Phi) is 4.74. The Balaban J connectivity index is 2.23. The van der Waals surface area contributed by atoms with E-state index in [1.807, 2.05) is 36.4 Å². The molecule has 27 heavy (non-hydrogen) atoms. The Labute approximate surface area is 162 Å². The maximum Gasteiger partial charge on any atom is 0.340 e. The van der Waals surface area contributed by atoms with Crippen LogP contribution in [0.2, 0.25) is 5.15 Å². The molecule has 0 aliphatic rings. The summed E-state index contributed by atoms with van der Waals surface area (Å²) < 4.78 is 7.37. The second-order valence-corrected chi connectivity index (χ2v) is 7.94. The third kappa shape index (κ3) is 3.55. The predicted molar refractivity (Wildman–Crippen MR) is 104 cm³/mol. The van der Waals surface area contributed by atoms with Crippen molar-refractivity contribution in [1.82, 2.24) is 14.6 Å². The van der Waals surface area contributed by atoms with E-state index < -0.39 is 17.2 Å². The molecule has 3 rings (SSSR count). The normalized spacial score (nSPS) is 14.3. The smallest absolute Gasteiger partial charge is 0.340 e. The molecule has 0 radical (unpaired) electrons. The van der Waals surface area contributed by atoms with Gasteiger partial charge in [0.2, 0.25) is 0 Å². The summed E-state index contributed by atoms with van der Waals surface area (Å²) in [6, 6.07) is 11.5. The Morgan fingerprint density at radius 1 is 1.19 bits per heavy atom. The van der Waals surface area contributed by atoms with Gasteiger partial charge >= 0.3 is 5.97 Å². The fraction of sp³-hybridized carbons (Fsp3) is 0.350. The number of hydrogen-bond donors (Lipinski definition) is 1. The largest absolute Gasteiger partial charge is 0.479 e. The van der Waals surface area contributed by atoms with Crippen LogP contribution in [0.1, 0.15) is 39.0 Å². The van der Waals surface area contributed by atoms with Gasteiger partial charge in [0, 0.05) is 17.3 Å². The van der Waals surface area contributed by atoms with Crippen LogP contribution in [-0.2, 0) is 15.1 Å². The summed E-state index contributed by atoms with van der Waals surface area (Å²) in [6.07, 6.45) is 0. The molecule has 1 aromatic carbocycles. The van der Waals surface area contributed by atoms with Crippen molar-refractivity contribution in [1.29, 1.82) is 0 Å². The number of carboxylic acid groups (broad SMARTS) is 1. The summed E-state index contributed by atoms with van der Waals surface area (Å²) in [5.74, 6) is -1.14. The van der Waals surface area contributed by atoms with Gasteiger partial charge in [-0.3, -0.25) is 0 Å². The number of rotatable bonds is 4. The van der Waals surface area contributed by atoms with Gasteiger partial charge in [-0.25, -0.2) is 14.3 Å². The first-order valence-electron chi connectivity index (χ1n) is 8.58. The number of aryl methyl sites for hydroxylation is 1. The summed E-state index contributed by atoms with van der Waals surface area (Å²) in [5, 5.41) is 14.6. The van der Waals surface area contributed by atoms with E-state index in [-0.39, 0.29) is 5.15 Å². The summed E-state index contributed by atoms with van der Waals surface area (Å²) >= 11 is 6.62. The Morgan fingerprint density at radius 2 is 1.81 bits per heavy atom. The van der Waals surface area contributed by atoms with Crippen molar-refractivity contribution < 1.29 is 14.6 Å². The molecule has 1 N–H and O–H groups in total. The van der Waals surface area contributed by atoms with Crippen LogP contribution in [-0.4, -0.2) is 31.3 Å². The third-order valence-electron chi connectivity index (χ3n) is 4.19. The number of carboxylic acids is 1. The number of fused-ring (bicyclic) bond motifs is 1. The molecule has 2 heterocycles. The van der Waals surface area contributed by atoms with Gasteiger partial charge in [0.1, 0.15) is 5.15 Å². The van der Waals surface area contributed by atoms with E-state index in [4.69, 9.17) is 16.3 Å². The van der Waals surface area contributed by atoms with Gasteiger partial charge in [0.05, 0.1) is 16.9 Å². The molecule has 142 valence electrons. The molecule has 0 saturated carbocycles. The molecule has 1 unspecified atom stereocenters. The summed E-state index contributed by atoms with van der Waals surface area (Å²) in [5.41, 5.74) is 0.587. The van der Waals surface area contributed by atoms with E-state index in [2.05, 4.69) is 10.1 Å². The highest BCUT2D eigenvalue weighted by Gasteiger charge is 2.44. The quantitative estimate of drug-likeness (QED) is 0.668. The molecule has 2 aromatic heterocycles. The number of benzene rings is 1. The first-order chi connectivity index (χ1) is 12.5. The predicted octanol–water partition coefficient (Wildman–Crippen LogP) is 4.47. The fourth-order valence-corrected chi connectivity index (χ4v) is 3.63. The number of aromatic nitrogens is 3. The monoisotopic (exact) mass is 387 g/mol. The van der Waals surface area contributed by atoms with Crippen LogP contribution in [0.4, 0.5) is 0 Å². The van der Waals surface area contributed by atoms with E-state index >= 15 is 0 Å². The zero-order valence-electron chi connectivity index (χ0n) is 15.9. The van der Waals surface area contributed by atoms with Crippen LogP contribution < -0.4 is 0 Å². The Morgan fingerprint density at radius 3 is 2.37 bits per heavy atom. The minimum absolute atomic E-state index is 0.175. The fourth-order valence-electron chi connectivity index (χ4n) is 3.18. The van der Waals surface area contributed by atoms with Crippen molar-refractivity contribution in [3.05, 3.63) is 52.8 Å². The topological polar surface area (TPSA) is 76.7 Å². The number of carbonyl (C=O) groups is 1. The van der Waals surface area contributed by atoms with Crippen molar-refractivity contribution in [3.8, 4) is 11.3 Å². The maximum absolute atomic E-state index is 12.1. The minimum Gasteiger partial charge on any atom is -0.479 e. The average Bonchev–Trinajstić information content (AvgIpc) is 2.98. The van der Waals surface area contributed by atoms with E-state index in [0.29, 0.717) is 22.6 Å². The van der Waals surface area contributed by atoms with Crippen molar-refractivity contribution in [3.63, 3.8) is 0 Å². The Hall–Kier alpha value is -2.44. The number of aliphatic carboxylic acids is 1. The van der Waals surface area contributed by atoms with E-state index in [1.165, 1.54) is 11.4 Å². The van der Waals surface area contributed by atoms with Crippen LogP contribution in [0.25, 0.3) is 16.9 Å².